The smallest absolute Gasteiger partial charge is 0.245 e. The molecule has 0 radical (unpaired) electrons. The number of hydrogen-bond acceptors (Lipinski definition) is 12. The highest BCUT2D eigenvalue weighted by atomic mass is 35.5. The van der Waals surface area contributed by atoms with Gasteiger partial charge in [-0.1, -0.05) is 11.6 Å². The van der Waals surface area contributed by atoms with Gasteiger partial charge in [0.05, 0.1) is 36.9 Å². The monoisotopic (exact) mass is 551 g/mol. The molecule has 3 aromatic heterocycles. The van der Waals surface area contributed by atoms with Crippen LogP contribution in [0.3, 0.4) is 0 Å². The fraction of sp³-hybridized carbons (Fsp3) is 0.524. The molecule has 0 aliphatic carbocycles. The average Bonchev–Trinajstić information content (AvgIpc) is 3.58. The number of anilines is 2. The molecule has 2 unspecified atom stereocenters. The van der Waals surface area contributed by atoms with Crippen molar-refractivity contribution in [3.63, 3.8) is 0 Å². The Morgan fingerprint density at radius 2 is 1.78 bits per heavy atom. The molecule has 0 bridgehead atoms. The number of methoxy groups -OCH3 is 2. The largest absolute Gasteiger partial charge is 0.479 e. The molecule has 3 aromatic rings. The van der Waals surface area contributed by atoms with Crippen LogP contribution < -0.4 is 19.1 Å². The highest BCUT2D eigenvalue weighted by Gasteiger charge is 2.36. The molecule has 0 amide bonds. The van der Waals surface area contributed by atoms with Crippen LogP contribution in [0.4, 0.5) is 11.9 Å². The van der Waals surface area contributed by atoms with Crippen LogP contribution in [0.1, 0.15) is 37.6 Å². The predicted octanol–water partition coefficient (Wildman–Crippen LogP) is 1.78. The highest BCUT2D eigenvalue weighted by Crippen LogP contribution is 2.37. The lowest BCUT2D eigenvalue weighted by atomic mass is 10.1. The van der Waals surface area contributed by atoms with Crippen LogP contribution in [0.5, 0.6) is 11.8 Å². The summed E-state index contributed by atoms with van der Waals surface area (Å²) in [6, 6.07) is 0. The van der Waals surface area contributed by atoms with E-state index in [1.54, 1.807) is 0 Å². The summed E-state index contributed by atoms with van der Waals surface area (Å²) in [5.41, 5.74) is 0.264. The first-order chi connectivity index (χ1) is 17.9. The summed E-state index contributed by atoms with van der Waals surface area (Å²) in [6.45, 7) is 1.39. The van der Waals surface area contributed by atoms with Gasteiger partial charge < -0.3 is 19.1 Å². The Labute approximate surface area is 218 Å². The molecule has 2 aliphatic heterocycles. The van der Waals surface area contributed by atoms with Gasteiger partial charge in [0.25, 0.3) is 0 Å². The minimum Gasteiger partial charge on any atom is -0.479 e. The van der Waals surface area contributed by atoms with Crippen molar-refractivity contribution in [3.05, 3.63) is 29.6 Å². The Kier molecular flexibility index (Phi) is 7.26. The van der Waals surface area contributed by atoms with Gasteiger partial charge in [-0.3, -0.25) is 9.29 Å². The van der Waals surface area contributed by atoms with Crippen LogP contribution in [-0.2, 0) is 14.8 Å². The molecule has 198 valence electrons. The number of ether oxygens (including phenoxy) is 3. The van der Waals surface area contributed by atoms with Gasteiger partial charge in [-0.25, -0.2) is 18.4 Å². The van der Waals surface area contributed by atoms with Crippen molar-refractivity contribution in [2.24, 2.45) is 0 Å². The Balaban J connectivity index is 1.50. The predicted molar refractivity (Wildman–Crippen MR) is 133 cm³/mol. The lowest BCUT2D eigenvalue weighted by molar-refractivity contribution is 0.103. The van der Waals surface area contributed by atoms with E-state index < -0.39 is 21.4 Å². The van der Waals surface area contributed by atoms with E-state index in [1.807, 2.05) is 4.90 Å². The van der Waals surface area contributed by atoms with Gasteiger partial charge >= 0.3 is 0 Å². The lowest BCUT2D eigenvalue weighted by Gasteiger charge is -2.32. The summed E-state index contributed by atoms with van der Waals surface area (Å²) in [7, 11) is -1.03. The first-order valence-corrected chi connectivity index (χ1v) is 13.6. The summed E-state index contributed by atoms with van der Waals surface area (Å²) in [4.78, 5) is 18.6. The van der Waals surface area contributed by atoms with Gasteiger partial charge in [0.2, 0.25) is 33.7 Å². The molecule has 14 nitrogen and oxygen atoms in total. The van der Waals surface area contributed by atoms with Crippen molar-refractivity contribution >= 4 is 33.5 Å². The molecule has 2 aliphatic rings. The molecule has 5 rings (SSSR count). The summed E-state index contributed by atoms with van der Waals surface area (Å²) in [5, 5.41) is 8.10. The lowest BCUT2D eigenvalue weighted by Crippen LogP contribution is -2.45. The van der Waals surface area contributed by atoms with Gasteiger partial charge in [0, 0.05) is 19.7 Å². The molecule has 2 atom stereocenters. The van der Waals surface area contributed by atoms with E-state index in [4.69, 9.17) is 25.8 Å². The summed E-state index contributed by atoms with van der Waals surface area (Å²) < 4.78 is 48.1. The SMILES string of the molecule is COc1ncnc(OC)c1-n1c(NS(=O)(=O)C2CCCN(c3ncc(Cl)cn3)C2)nnc1C1CCCO1. The van der Waals surface area contributed by atoms with Crippen molar-refractivity contribution in [1.82, 2.24) is 34.7 Å². The number of nitrogens with zero attached hydrogens (tertiary/aromatic N) is 8. The van der Waals surface area contributed by atoms with Gasteiger partial charge in [-0.2, -0.15) is 9.97 Å². The Morgan fingerprint density at radius 1 is 1.05 bits per heavy atom. The summed E-state index contributed by atoms with van der Waals surface area (Å²) in [5.74, 6) is 1.09. The third-order valence-electron chi connectivity index (χ3n) is 6.21. The first kappa shape index (κ1) is 25.4. The number of aromatic nitrogens is 7. The highest BCUT2D eigenvalue weighted by molar-refractivity contribution is 7.93. The number of sulfonamides is 1. The van der Waals surface area contributed by atoms with Crippen molar-refractivity contribution < 1.29 is 22.6 Å². The molecule has 2 fully saturated rings. The second-order valence-electron chi connectivity index (χ2n) is 8.52. The van der Waals surface area contributed by atoms with Crippen LogP contribution in [0.2, 0.25) is 5.02 Å². The van der Waals surface area contributed by atoms with Gasteiger partial charge in [-0.15, -0.1) is 10.2 Å². The van der Waals surface area contributed by atoms with Crippen LogP contribution >= 0.6 is 11.6 Å². The maximum atomic E-state index is 13.6. The Hall–Kier alpha value is -3.30. The number of halogens is 1. The van der Waals surface area contributed by atoms with Crippen molar-refractivity contribution in [1.29, 1.82) is 0 Å². The number of hydrogen-bond donors (Lipinski definition) is 1. The van der Waals surface area contributed by atoms with Crippen LogP contribution in [0, 0.1) is 0 Å². The first-order valence-electron chi connectivity index (χ1n) is 11.7. The molecular weight excluding hydrogens is 526 g/mol. The zero-order valence-electron chi connectivity index (χ0n) is 20.2. The van der Waals surface area contributed by atoms with Crippen LogP contribution in [-0.4, -0.2) is 82.3 Å². The minimum atomic E-state index is -3.93. The van der Waals surface area contributed by atoms with E-state index in [0.29, 0.717) is 49.2 Å². The maximum Gasteiger partial charge on any atom is 0.245 e. The molecule has 5 heterocycles. The van der Waals surface area contributed by atoms with Crippen molar-refractivity contribution in [3.8, 4) is 17.4 Å². The van der Waals surface area contributed by atoms with E-state index in [1.165, 1.54) is 37.5 Å². The topological polar surface area (TPSA) is 159 Å². The van der Waals surface area contributed by atoms with Gasteiger partial charge in [-0.05, 0) is 25.7 Å². The van der Waals surface area contributed by atoms with E-state index in [9.17, 15) is 8.42 Å². The second-order valence-corrected chi connectivity index (χ2v) is 10.9. The quantitative estimate of drug-likeness (QED) is 0.433. The average molecular weight is 552 g/mol. The van der Waals surface area contributed by atoms with Crippen LogP contribution in [0.25, 0.3) is 5.69 Å². The van der Waals surface area contributed by atoms with E-state index >= 15 is 0 Å². The van der Waals surface area contributed by atoms with Crippen molar-refractivity contribution in [2.75, 3.05) is 43.5 Å². The number of nitrogens with one attached hydrogen (secondary N) is 1. The third kappa shape index (κ3) is 5.10. The fourth-order valence-corrected chi connectivity index (χ4v) is 5.97. The van der Waals surface area contributed by atoms with Crippen molar-refractivity contribution in [2.45, 2.75) is 37.0 Å². The van der Waals surface area contributed by atoms with E-state index in [2.05, 4.69) is 34.9 Å². The molecular formula is C21H26ClN9O5S. The summed E-state index contributed by atoms with van der Waals surface area (Å²) >= 11 is 5.90. The minimum absolute atomic E-state index is 0.0447. The molecule has 2 saturated heterocycles. The van der Waals surface area contributed by atoms with Gasteiger partial charge in [0.1, 0.15) is 12.4 Å². The van der Waals surface area contributed by atoms with E-state index in [0.717, 1.165) is 6.42 Å². The maximum absolute atomic E-state index is 13.6. The second kappa shape index (κ2) is 10.6. The number of piperidine rings is 1. The molecule has 1 N–H and O–H groups in total. The molecule has 0 aromatic carbocycles. The van der Waals surface area contributed by atoms with E-state index in [-0.39, 0.29) is 29.9 Å². The zero-order valence-corrected chi connectivity index (χ0v) is 21.8. The summed E-state index contributed by atoms with van der Waals surface area (Å²) in [6.07, 6.45) is 6.48. The standard InChI is InChI=1S/C21H26ClN9O5S/c1-34-18-16(19(35-2)26-12-25-18)31-17(15-6-4-8-36-15)27-28-21(31)29-37(32,33)14-5-3-7-30(11-14)20-23-9-13(22)10-24-20/h9-10,12,14-15H,3-8,11H2,1-2H3,(H,28,29). The molecule has 0 spiro atoms. The Morgan fingerprint density at radius 3 is 2.43 bits per heavy atom. The zero-order chi connectivity index (χ0) is 26.0. The fourth-order valence-electron chi connectivity index (χ4n) is 4.46. The normalized spacial score (nSPS) is 20.1. The molecule has 37 heavy (non-hydrogen) atoms. The molecule has 0 saturated carbocycles. The number of rotatable bonds is 8. The third-order valence-corrected chi connectivity index (χ3v) is 8.14. The Bertz CT molecular complexity index is 1330. The van der Waals surface area contributed by atoms with Gasteiger partial charge in [0.15, 0.2) is 11.5 Å². The van der Waals surface area contributed by atoms with Crippen LogP contribution in [0.15, 0.2) is 18.7 Å². The molecule has 16 heteroatoms.